The van der Waals surface area contributed by atoms with Crippen molar-refractivity contribution < 1.29 is 9.53 Å². The summed E-state index contributed by atoms with van der Waals surface area (Å²) in [6.45, 7) is 5.28. The van der Waals surface area contributed by atoms with Crippen molar-refractivity contribution in [2.75, 3.05) is 20.3 Å². The van der Waals surface area contributed by atoms with Crippen molar-refractivity contribution in [2.45, 2.75) is 26.9 Å². The molecule has 2 aromatic rings. The van der Waals surface area contributed by atoms with Gasteiger partial charge in [0.2, 0.25) is 5.91 Å². The molecule has 21 heavy (non-hydrogen) atoms. The largest absolute Gasteiger partial charge is 0.383 e. The highest BCUT2D eigenvalue weighted by Gasteiger charge is 2.13. The maximum absolute atomic E-state index is 12.5. The van der Waals surface area contributed by atoms with E-state index in [-0.39, 0.29) is 18.0 Å². The first kappa shape index (κ1) is 15.2. The summed E-state index contributed by atoms with van der Waals surface area (Å²) in [5.74, 6) is -0.215. The van der Waals surface area contributed by atoms with E-state index in [0.29, 0.717) is 25.2 Å². The molecule has 7 heteroatoms. The first-order valence-electron chi connectivity index (χ1n) is 6.90. The molecule has 0 aromatic carbocycles. The fraction of sp³-hybridized carbons (Fsp3) is 0.500. The Morgan fingerprint density at radius 1 is 1.48 bits per heavy atom. The Morgan fingerprint density at radius 3 is 2.90 bits per heavy atom. The average Bonchev–Trinajstić information content (AvgIpc) is 2.79. The van der Waals surface area contributed by atoms with Crippen LogP contribution in [0, 0.1) is 6.92 Å². The van der Waals surface area contributed by atoms with E-state index < -0.39 is 0 Å². The smallest absolute Gasteiger partial charge is 0.277 e. The van der Waals surface area contributed by atoms with Crippen molar-refractivity contribution in [1.29, 1.82) is 0 Å². The van der Waals surface area contributed by atoms with Crippen LogP contribution in [0.4, 0.5) is 0 Å². The lowest BCUT2D eigenvalue weighted by Crippen LogP contribution is -2.34. The van der Waals surface area contributed by atoms with Crippen LogP contribution in [-0.4, -0.2) is 40.5 Å². The van der Waals surface area contributed by atoms with Gasteiger partial charge in [0.1, 0.15) is 12.1 Å². The minimum atomic E-state index is -0.215. The van der Waals surface area contributed by atoms with Crippen molar-refractivity contribution in [2.24, 2.45) is 0 Å². The number of hydrogen-bond acceptors (Lipinski definition) is 4. The molecule has 0 unspecified atom stereocenters. The third kappa shape index (κ3) is 3.13. The number of ether oxygens (including phenoxy) is 1. The molecule has 1 amide bonds. The lowest BCUT2D eigenvalue weighted by molar-refractivity contribution is -0.121. The summed E-state index contributed by atoms with van der Waals surface area (Å²) in [4.78, 5) is 24.3. The number of pyridine rings is 1. The minimum absolute atomic E-state index is 0.00751. The van der Waals surface area contributed by atoms with Gasteiger partial charge in [-0.25, -0.2) is 0 Å². The fourth-order valence-electron chi connectivity index (χ4n) is 2.25. The molecule has 0 aliphatic carbocycles. The number of carbonyl (C=O) groups excluding carboxylic acids is 1. The zero-order valence-electron chi connectivity index (χ0n) is 12.5. The second-order valence-corrected chi connectivity index (χ2v) is 4.75. The normalized spacial score (nSPS) is 11.0. The van der Waals surface area contributed by atoms with Crippen molar-refractivity contribution in [3.8, 4) is 0 Å². The summed E-state index contributed by atoms with van der Waals surface area (Å²) < 4.78 is 7.94. The molecule has 0 bridgehead atoms. The zero-order chi connectivity index (χ0) is 15.4. The second kappa shape index (κ2) is 6.53. The molecule has 1 N–H and O–H groups in total. The molecule has 0 atom stereocenters. The number of amides is 1. The lowest BCUT2D eigenvalue weighted by Gasteiger charge is -2.07. The molecule has 2 heterocycles. The number of carbonyl (C=O) groups is 1. The third-order valence-electron chi connectivity index (χ3n) is 3.30. The Hall–Kier alpha value is -2.15. The van der Waals surface area contributed by atoms with Crippen LogP contribution >= 0.6 is 0 Å². The van der Waals surface area contributed by atoms with E-state index >= 15 is 0 Å². The van der Waals surface area contributed by atoms with Gasteiger partial charge >= 0.3 is 0 Å². The SMILES string of the molecule is CCn1nc(C)c2ccn(CC(=O)NCCOC)c(=O)c21. The monoisotopic (exact) mass is 292 g/mol. The van der Waals surface area contributed by atoms with E-state index in [1.165, 1.54) is 4.57 Å². The maximum Gasteiger partial charge on any atom is 0.277 e. The quantitative estimate of drug-likeness (QED) is 0.776. The van der Waals surface area contributed by atoms with Crippen LogP contribution in [0.3, 0.4) is 0 Å². The Balaban J connectivity index is 2.27. The molecule has 0 saturated heterocycles. The molecular weight excluding hydrogens is 272 g/mol. The van der Waals surface area contributed by atoms with E-state index in [1.54, 1.807) is 18.0 Å². The molecule has 114 valence electrons. The molecule has 0 saturated carbocycles. The molecule has 0 aliphatic rings. The molecular formula is C14H20N4O3. The van der Waals surface area contributed by atoms with Crippen LogP contribution in [0.1, 0.15) is 12.6 Å². The lowest BCUT2D eigenvalue weighted by atomic mass is 10.2. The van der Waals surface area contributed by atoms with Gasteiger partial charge in [-0.3, -0.25) is 14.3 Å². The number of methoxy groups -OCH3 is 1. The highest BCUT2D eigenvalue weighted by Crippen LogP contribution is 2.13. The molecule has 2 aromatic heterocycles. The van der Waals surface area contributed by atoms with Gasteiger partial charge in [-0.15, -0.1) is 0 Å². The number of nitrogens with one attached hydrogen (secondary N) is 1. The number of hydrogen-bond donors (Lipinski definition) is 1. The summed E-state index contributed by atoms with van der Waals surface area (Å²) >= 11 is 0. The third-order valence-corrected chi connectivity index (χ3v) is 3.30. The van der Waals surface area contributed by atoms with Gasteiger partial charge in [0, 0.05) is 31.8 Å². The highest BCUT2D eigenvalue weighted by atomic mass is 16.5. The average molecular weight is 292 g/mol. The first-order chi connectivity index (χ1) is 10.1. The summed E-state index contributed by atoms with van der Waals surface area (Å²) in [5.41, 5.74) is 1.17. The number of fused-ring (bicyclic) bond motifs is 1. The minimum Gasteiger partial charge on any atom is -0.383 e. The molecule has 0 radical (unpaired) electrons. The van der Waals surface area contributed by atoms with Crippen molar-refractivity contribution >= 4 is 16.8 Å². The van der Waals surface area contributed by atoms with Crippen LogP contribution in [0.2, 0.25) is 0 Å². The van der Waals surface area contributed by atoms with Crippen LogP contribution in [0.15, 0.2) is 17.1 Å². The van der Waals surface area contributed by atoms with Gasteiger partial charge in [0.15, 0.2) is 0 Å². The van der Waals surface area contributed by atoms with Crippen molar-refractivity contribution in [1.82, 2.24) is 19.7 Å². The van der Waals surface area contributed by atoms with Gasteiger partial charge in [0.05, 0.1) is 12.3 Å². The van der Waals surface area contributed by atoms with E-state index in [9.17, 15) is 9.59 Å². The second-order valence-electron chi connectivity index (χ2n) is 4.75. The predicted octanol–water partition coefficient (Wildman–Crippen LogP) is 0.289. The molecule has 0 spiro atoms. The summed E-state index contributed by atoms with van der Waals surface area (Å²) in [5, 5.41) is 7.86. The molecule has 2 rings (SSSR count). The molecule has 0 aliphatic heterocycles. The van der Waals surface area contributed by atoms with Gasteiger partial charge < -0.3 is 14.6 Å². The number of aromatic nitrogens is 3. The van der Waals surface area contributed by atoms with E-state index in [0.717, 1.165) is 11.1 Å². The fourth-order valence-corrected chi connectivity index (χ4v) is 2.25. The molecule has 7 nitrogen and oxygen atoms in total. The Bertz CT molecular complexity index is 702. The van der Waals surface area contributed by atoms with Crippen molar-refractivity contribution in [3.05, 3.63) is 28.3 Å². The van der Waals surface area contributed by atoms with E-state index in [2.05, 4.69) is 10.4 Å². The highest BCUT2D eigenvalue weighted by molar-refractivity contribution is 5.81. The van der Waals surface area contributed by atoms with E-state index in [4.69, 9.17) is 4.74 Å². The summed E-state index contributed by atoms with van der Waals surface area (Å²) in [6, 6.07) is 1.83. The Morgan fingerprint density at radius 2 is 2.24 bits per heavy atom. The summed E-state index contributed by atoms with van der Waals surface area (Å²) in [7, 11) is 1.57. The van der Waals surface area contributed by atoms with Crippen molar-refractivity contribution in [3.63, 3.8) is 0 Å². The van der Waals surface area contributed by atoms with Crippen LogP contribution in [0.25, 0.3) is 10.9 Å². The predicted molar refractivity (Wildman–Crippen MR) is 79.3 cm³/mol. The van der Waals surface area contributed by atoms with Gasteiger partial charge in [-0.2, -0.15) is 5.10 Å². The van der Waals surface area contributed by atoms with Crippen LogP contribution in [0.5, 0.6) is 0 Å². The number of aryl methyl sites for hydroxylation is 2. The molecule has 0 fully saturated rings. The van der Waals surface area contributed by atoms with Gasteiger partial charge in [-0.05, 0) is 19.9 Å². The van der Waals surface area contributed by atoms with Gasteiger partial charge in [0.25, 0.3) is 5.56 Å². The zero-order valence-corrected chi connectivity index (χ0v) is 12.5. The standard InChI is InChI=1S/C14H20N4O3/c1-4-18-13-11(10(2)16-18)5-7-17(14(13)20)9-12(19)15-6-8-21-3/h5,7H,4,6,8-9H2,1-3H3,(H,15,19). The summed E-state index contributed by atoms with van der Waals surface area (Å²) in [6.07, 6.45) is 1.63. The number of rotatable bonds is 6. The maximum atomic E-state index is 12.5. The van der Waals surface area contributed by atoms with Crippen LogP contribution < -0.4 is 10.9 Å². The Kier molecular flexibility index (Phi) is 4.74. The van der Waals surface area contributed by atoms with Crippen LogP contribution in [-0.2, 0) is 22.6 Å². The number of nitrogens with zero attached hydrogens (tertiary/aromatic N) is 3. The topological polar surface area (TPSA) is 78.2 Å². The Labute approximate surface area is 122 Å². The first-order valence-corrected chi connectivity index (χ1v) is 6.90. The van der Waals surface area contributed by atoms with Gasteiger partial charge in [-0.1, -0.05) is 0 Å². The van der Waals surface area contributed by atoms with E-state index in [1.807, 2.05) is 19.9 Å².